The second-order valence-electron chi connectivity index (χ2n) is 7.83. The standard InChI is InChI=1S/C23H17FN4O2S/c24-17-8-15(14-4-2-1-3-5-14)9-18-22(17)26-21(31-18)11-20-28-27-19(30-20)10-16(29)12-23(13-25)6-7-23/h1-5,8-9H,6-7,10-12H2. The Labute approximate surface area is 181 Å². The minimum absolute atomic E-state index is 0.0192. The van der Waals surface area contributed by atoms with E-state index in [9.17, 15) is 9.18 Å². The van der Waals surface area contributed by atoms with Crippen LogP contribution in [-0.4, -0.2) is 21.0 Å². The number of ketones is 1. The monoisotopic (exact) mass is 432 g/mol. The summed E-state index contributed by atoms with van der Waals surface area (Å²) in [6.07, 6.45) is 2.05. The molecule has 1 aliphatic carbocycles. The molecule has 6 nitrogen and oxygen atoms in total. The second-order valence-corrected chi connectivity index (χ2v) is 8.94. The van der Waals surface area contributed by atoms with Crippen molar-refractivity contribution in [2.45, 2.75) is 32.1 Å². The Kier molecular flexibility index (Phi) is 4.83. The molecule has 0 radical (unpaired) electrons. The summed E-state index contributed by atoms with van der Waals surface area (Å²) >= 11 is 1.38. The van der Waals surface area contributed by atoms with Crippen LogP contribution < -0.4 is 0 Å². The van der Waals surface area contributed by atoms with Crippen molar-refractivity contribution in [3.8, 4) is 17.2 Å². The van der Waals surface area contributed by atoms with Gasteiger partial charge in [0.05, 0.1) is 29.0 Å². The summed E-state index contributed by atoms with van der Waals surface area (Å²) in [7, 11) is 0. The number of nitriles is 1. The zero-order valence-corrected chi connectivity index (χ0v) is 17.3. The lowest BCUT2D eigenvalue weighted by Crippen LogP contribution is -2.10. The van der Waals surface area contributed by atoms with E-state index in [1.54, 1.807) is 0 Å². The number of carbonyl (C=O) groups is 1. The zero-order chi connectivity index (χ0) is 21.4. The SMILES string of the molecule is N#CC1(CC(=O)Cc2nnc(Cc3nc4c(F)cc(-c5ccccc5)cc4s3)o2)CC1. The molecule has 1 saturated carbocycles. The van der Waals surface area contributed by atoms with Crippen LogP contribution in [0.4, 0.5) is 4.39 Å². The third-order valence-electron chi connectivity index (χ3n) is 5.39. The molecule has 1 aliphatic rings. The van der Waals surface area contributed by atoms with Gasteiger partial charge in [0.2, 0.25) is 11.8 Å². The van der Waals surface area contributed by atoms with Crippen molar-refractivity contribution in [3.05, 3.63) is 65.1 Å². The van der Waals surface area contributed by atoms with Crippen molar-refractivity contribution in [1.29, 1.82) is 5.26 Å². The van der Waals surface area contributed by atoms with Crippen LogP contribution in [0.5, 0.6) is 0 Å². The molecule has 0 amide bonds. The molecule has 1 fully saturated rings. The van der Waals surface area contributed by atoms with Gasteiger partial charge in [0.1, 0.15) is 16.3 Å². The third-order valence-corrected chi connectivity index (χ3v) is 6.39. The van der Waals surface area contributed by atoms with Gasteiger partial charge in [0.25, 0.3) is 0 Å². The highest BCUT2D eigenvalue weighted by Gasteiger charge is 2.44. The number of carbonyl (C=O) groups excluding carboxylic acids is 1. The number of thiazole rings is 1. The number of aromatic nitrogens is 3. The first-order valence-corrected chi connectivity index (χ1v) is 10.7. The molecule has 0 atom stereocenters. The average Bonchev–Trinajstić information content (AvgIpc) is 3.19. The van der Waals surface area contributed by atoms with Crippen molar-refractivity contribution in [2.24, 2.45) is 5.41 Å². The summed E-state index contributed by atoms with van der Waals surface area (Å²) < 4.78 is 21.0. The fraction of sp³-hybridized carbons (Fsp3) is 0.261. The number of hydrogen-bond acceptors (Lipinski definition) is 7. The summed E-state index contributed by atoms with van der Waals surface area (Å²) in [5, 5.41) is 17.7. The highest BCUT2D eigenvalue weighted by molar-refractivity contribution is 7.18. The van der Waals surface area contributed by atoms with E-state index in [2.05, 4.69) is 21.3 Å². The second kappa shape index (κ2) is 7.67. The zero-order valence-electron chi connectivity index (χ0n) is 16.5. The Hall–Kier alpha value is -3.44. The Morgan fingerprint density at radius 2 is 1.94 bits per heavy atom. The topological polar surface area (TPSA) is 92.7 Å². The maximum Gasteiger partial charge on any atom is 0.223 e. The lowest BCUT2D eigenvalue weighted by atomic mass is 10.00. The first kappa shape index (κ1) is 19.5. The molecule has 0 saturated heterocycles. The number of fused-ring (bicyclic) bond motifs is 1. The first-order chi connectivity index (χ1) is 15.0. The highest BCUT2D eigenvalue weighted by atomic mass is 32.1. The van der Waals surface area contributed by atoms with Crippen LogP contribution in [0.3, 0.4) is 0 Å². The van der Waals surface area contributed by atoms with Gasteiger partial charge in [-0.1, -0.05) is 30.3 Å². The number of hydrogen-bond donors (Lipinski definition) is 0. The smallest absolute Gasteiger partial charge is 0.223 e. The number of benzene rings is 2. The molecule has 2 heterocycles. The minimum Gasteiger partial charge on any atom is -0.424 e. The lowest BCUT2D eigenvalue weighted by Gasteiger charge is -2.01. The summed E-state index contributed by atoms with van der Waals surface area (Å²) in [6, 6.07) is 15.3. The number of Topliss-reactive ketones (excluding diaryl/α,β-unsaturated/α-hetero) is 1. The van der Waals surface area contributed by atoms with Crippen LogP contribution >= 0.6 is 11.3 Å². The summed E-state index contributed by atoms with van der Waals surface area (Å²) in [4.78, 5) is 16.6. The van der Waals surface area contributed by atoms with Crippen molar-refractivity contribution in [1.82, 2.24) is 15.2 Å². The fourth-order valence-electron chi connectivity index (χ4n) is 3.56. The van der Waals surface area contributed by atoms with Gasteiger partial charge in [-0.25, -0.2) is 9.37 Å². The maximum absolute atomic E-state index is 14.6. The van der Waals surface area contributed by atoms with Crippen molar-refractivity contribution < 1.29 is 13.6 Å². The van der Waals surface area contributed by atoms with Gasteiger partial charge in [-0.2, -0.15) is 5.26 Å². The average molecular weight is 432 g/mol. The van der Waals surface area contributed by atoms with Gasteiger partial charge in [0.15, 0.2) is 5.82 Å². The van der Waals surface area contributed by atoms with E-state index in [-0.39, 0.29) is 36.8 Å². The summed E-state index contributed by atoms with van der Waals surface area (Å²) in [5.41, 5.74) is 1.57. The molecule has 5 rings (SSSR count). The van der Waals surface area contributed by atoms with Crippen molar-refractivity contribution in [3.63, 3.8) is 0 Å². The maximum atomic E-state index is 14.6. The first-order valence-electron chi connectivity index (χ1n) is 9.92. The van der Waals surface area contributed by atoms with Crippen LogP contribution in [-0.2, 0) is 17.6 Å². The van der Waals surface area contributed by atoms with Gasteiger partial charge < -0.3 is 4.42 Å². The van der Waals surface area contributed by atoms with E-state index in [0.29, 0.717) is 16.4 Å². The Balaban J connectivity index is 1.31. The molecular formula is C23H17FN4O2S. The van der Waals surface area contributed by atoms with Crippen LogP contribution in [0.25, 0.3) is 21.3 Å². The van der Waals surface area contributed by atoms with Gasteiger partial charge in [-0.15, -0.1) is 21.5 Å². The van der Waals surface area contributed by atoms with Gasteiger partial charge in [-0.05, 0) is 36.1 Å². The predicted octanol–water partition coefficient (Wildman–Crippen LogP) is 4.88. The van der Waals surface area contributed by atoms with Crippen molar-refractivity contribution in [2.75, 3.05) is 0 Å². The van der Waals surface area contributed by atoms with Gasteiger partial charge >= 0.3 is 0 Å². The molecule has 0 unspecified atom stereocenters. The summed E-state index contributed by atoms with van der Waals surface area (Å²) in [6.45, 7) is 0. The number of halogens is 1. The molecule has 0 spiro atoms. The van der Waals surface area contributed by atoms with Crippen LogP contribution in [0.2, 0.25) is 0 Å². The minimum atomic E-state index is -0.483. The third kappa shape index (κ3) is 4.09. The molecule has 154 valence electrons. The predicted molar refractivity (Wildman–Crippen MR) is 113 cm³/mol. The molecule has 2 aromatic carbocycles. The van der Waals surface area contributed by atoms with E-state index in [1.165, 1.54) is 17.4 Å². The largest absolute Gasteiger partial charge is 0.424 e. The molecule has 31 heavy (non-hydrogen) atoms. The quantitative estimate of drug-likeness (QED) is 0.413. The Morgan fingerprint density at radius 1 is 1.16 bits per heavy atom. The molecule has 0 bridgehead atoms. The molecule has 2 aromatic heterocycles. The van der Waals surface area contributed by atoms with Crippen LogP contribution in [0, 0.1) is 22.6 Å². The number of nitrogens with zero attached hydrogens (tertiary/aromatic N) is 4. The molecule has 8 heteroatoms. The van der Waals surface area contributed by atoms with E-state index in [1.807, 2.05) is 36.4 Å². The Bertz CT molecular complexity index is 1320. The van der Waals surface area contributed by atoms with Crippen LogP contribution in [0.1, 0.15) is 36.1 Å². The van der Waals surface area contributed by atoms with E-state index in [4.69, 9.17) is 9.68 Å². The normalized spacial score (nSPS) is 14.5. The van der Waals surface area contributed by atoms with E-state index < -0.39 is 5.41 Å². The van der Waals surface area contributed by atoms with E-state index >= 15 is 0 Å². The highest BCUT2D eigenvalue weighted by Crippen LogP contribution is 2.48. The molecule has 4 aromatic rings. The number of rotatable bonds is 7. The Morgan fingerprint density at radius 3 is 2.68 bits per heavy atom. The van der Waals surface area contributed by atoms with E-state index in [0.717, 1.165) is 28.7 Å². The van der Waals surface area contributed by atoms with Gasteiger partial charge in [-0.3, -0.25) is 4.79 Å². The van der Waals surface area contributed by atoms with Crippen molar-refractivity contribution >= 4 is 27.3 Å². The summed E-state index contributed by atoms with van der Waals surface area (Å²) in [5.74, 6) is 0.103. The molecule has 0 N–H and O–H groups in total. The van der Waals surface area contributed by atoms with Crippen LogP contribution in [0.15, 0.2) is 46.9 Å². The molecular weight excluding hydrogens is 415 g/mol. The fourth-order valence-corrected chi connectivity index (χ4v) is 4.57. The van der Waals surface area contributed by atoms with Gasteiger partial charge in [0, 0.05) is 6.42 Å². The molecule has 0 aliphatic heterocycles. The lowest BCUT2D eigenvalue weighted by molar-refractivity contribution is -0.119.